The first kappa shape index (κ1) is 13.0. The Morgan fingerprint density at radius 2 is 2.41 bits per heavy atom. The van der Waals surface area contributed by atoms with Crippen molar-refractivity contribution in [1.82, 2.24) is 9.88 Å². The molecule has 1 fully saturated rings. The topological polar surface area (TPSA) is 36.4 Å². The van der Waals surface area contributed by atoms with E-state index in [9.17, 15) is 0 Å². The van der Waals surface area contributed by atoms with Crippen molar-refractivity contribution in [2.75, 3.05) is 13.1 Å². The smallest absolute Gasteiger partial charge is 0.0932 e. The number of aliphatic hydroxyl groups is 1. The second-order valence-corrected chi connectivity index (χ2v) is 6.13. The number of likely N-dealkylation sites (tertiary alicyclic amines) is 1. The summed E-state index contributed by atoms with van der Waals surface area (Å²) >= 11 is 1.69. The zero-order valence-electron chi connectivity index (χ0n) is 10.7. The van der Waals surface area contributed by atoms with Crippen LogP contribution >= 0.6 is 11.3 Å². The SMILES string of the molecule is CC(C)N1CCCC(Cc2nc(CO)cs2)C1. The maximum Gasteiger partial charge on any atom is 0.0932 e. The van der Waals surface area contributed by atoms with E-state index in [1.54, 1.807) is 11.3 Å². The Hall–Kier alpha value is -0.450. The van der Waals surface area contributed by atoms with Crippen molar-refractivity contribution in [1.29, 1.82) is 0 Å². The summed E-state index contributed by atoms with van der Waals surface area (Å²) in [4.78, 5) is 7.01. The molecule has 1 aromatic rings. The second kappa shape index (κ2) is 5.94. The molecule has 3 nitrogen and oxygen atoms in total. The molecule has 0 saturated carbocycles. The van der Waals surface area contributed by atoms with Gasteiger partial charge in [0.05, 0.1) is 17.3 Å². The molecular weight excluding hydrogens is 232 g/mol. The third-order valence-corrected chi connectivity index (χ3v) is 4.43. The van der Waals surface area contributed by atoms with Crippen LogP contribution < -0.4 is 0 Å². The molecule has 1 aliphatic rings. The number of thiazole rings is 1. The van der Waals surface area contributed by atoms with Gasteiger partial charge in [0.1, 0.15) is 0 Å². The average molecular weight is 254 g/mol. The lowest BCUT2D eigenvalue weighted by Gasteiger charge is -2.35. The van der Waals surface area contributed by atoms with Crippen LogP contribution in [0, 0.1) is 5.92 Å². The number of rotatable bonds is 4. The Balaban J connectivity index is 1.90. The summed E-state index contributed by atoms with van der Waals surface area (Å²) in [6.07, 6.45) is 3.70. The van der Waals surface area contributed by atoms with Crippen molar-refractivity contribution in [3.8, 4) is 0 Å². The molecule has 17 heavy (non-hydrogen) atoms. The Morgan fingerprint density at radius 3 is 3.06 bits per heavy atom. The Labute approximate surface area is 107 Å². The van der Waals surface area contributed by atoms with E-state index in [0.29, 0.717) is 6.04 Å². The molecule has 1 N–H and O–H groups in total. The highest BCUT2D eigenvalue weighted by atomic mass is 32.1. The number of hydrogen-bond donors (Lipinski definition) is 1. The maximum absolute atomic E-state index is 9.01. The molecule has 0 spiro atoms. The molecule has 2 rings (SSSR count). The predicted octanol–water partition coefficient (Wildman–Crippen LogP) is 2.30. The molecule has 1 aromatic heterocycles. The molecular formula is C13H22N2OS. The molecule has 96 valence electrons. The van der Waals surface area contributed by atoms with E-state index >= 15 is 0 Å². The third kappa shape index (κ3) is 3.50. The normalized spacial score (nSPS) is 22.2. The number of nitrogens with zero attached hydrogens (tertiary/aromatic N) is 2. The lowest BCUT2D eigenvalue weighted by Crippen LogP contribution is -2.40. The molecule has 0 amide bonds. The summed E-state index contributed by atoms with van der Waals surface area (Å²) in [5.74, 6) is 0.740. The van der Waals surface area contributed by atoms with E-state index in [2.05, 4.69) is 23.7 Å². The van der Waals surface area contributed by atoms with E-state index < -0.39 is 0 Å². The number of aromatic nitrogens is 1. The van der Waals surface area contributed by atoms with E-state index in [1.807, 2.05) is 5.38 Å². The fraction of sp³-hybridized carbons (Fsp3) is 0.769. The Kier molecular flexibility index (Phi) is 4.54. The molecule has 4 heteroatoms. The first-order chi connectivity index (χ1) is 8.19. The van der Waals surface area contributed by atoms with Crippen LogP contribution in [0.25, 0.3) is 0 Å². The lowest BCUT2D eigenvalue weighted by atomic mass is 9.94. The van der Waals surface area contributed by atoms with Gasteiger partial charge in [0.25, 0.3) is 0 Å². The van der Waals surface area contributed by atoms with Gasteiger partial charge in [-0.25, -0.2) is 4.98 Å². The van der Waals surface area contributed by atoms with Crippen LogP contribution in [0.2, 0.25) is 0 Å². The predicted molar refractivity (Wildman–Crippen MR) is 71.2 cm³/mol. The maximum atomic E-state index is 9.01. The van der Waals surface area contributed by atoms with Crippen molar-refractivity contribution < 1.29 is 5.11 Å². The van der Waals surface area contributed by atoms with Crippen molar-refractivity contribution in [2.45, 2.75) is 45.8 Å². The number of piperidine rings is 1. The first-order valence-corrected chi connectivity index (χ1v) is 7.35. The highest BCUT2D eigenvalue weighted by Crippen LogP contribution is 2.23. The van der Waals surface area contributed by atoms with Gasteiger partial charge in [0.2, 0.25) is 0 Å². The lowest BCUT2D eigenvalue weighted by molar-refractivity contribution is 0.139. The molecule has 1 atom stereocenters. The minimum absolute atomic E-state index is 0.0687. The summed E-state index contributed by atoms with van der Waals surface area (Å²) in [5, 5.41) is 12.2. The fourth-order valence-corrected chi connectivity index (χ4v) is 3.40. The van der Waals surface area contributed by atoms with Gasteiger partial charge >= 0.3 is 0 Å². The first-order valence-electron chi connectivity index (χ1n) is 6.47. The number of hydrogen-bond acceptors (Lipinski definition) is 4. The van der Waals surface area contributed by atoms with E-state index in [0.717, 1.165) is 18.0 Å². The zero-order chi connectivity index (χ0) is 12.3. The third-order valence-electron chi connectivity index (χ3n) is 3.51. The van der Waals surface area contributed by atoms with E-state index in [-0.39, 0.29) is 6.61 Å². The molecule has 1 saturated heterocycles. The standard InChI is InChI=1S/C13H22N2OS/c1-10(2)15-5-3-4-11(7-15)6-13-14-12(8-16)9-17-13/h9-11,16H,3-8H2,1-2H3. The summed E-state index contributed by atoms with van der Waals surface area (Å²) < 4.78 is 0. The summed E-state index contributed by atoms with van der Waals surface area (Å²) in [7, 11) is 0. The van der Waals surface area contributed by atoms with E-state index in [1.165, 1.54) is 30.9 Å². The van der Waals surface area contributed by atoms with Crippen LogP contribution in [-0.4, -0.2) is 34.1 Å². The minimum Gasteiger partial charge on any atom is -0.390 e. The van der Waals surface area contributed by atoms with Gasteiger partial charge in [-0.05, 0) is 39.2 Å². The molecule has 0 radical (unpaired) electrons. The molecule has 0 aliphatic carbocycles. The van der Waals surface area contributed by atoms with Gasteiger partial charge in [-0.2, -0.15) is 0 Å². The monoisotopic (exact) mass is 254 g/mol. The van der Waals surface area contributed by atoms with Crippen molar-refractivity contribution in [3.63, 3.8) is 0 Å². The van der Waals surface area contributed by atoms with Crippen LogP contribution in [0.3, 0.4) is 0 Å². The Bertz CT molecular complexity index is 351. The van der Waals surface area contributed by atoms with Crippen molar-refractivity contribution in [2.24, 2.45) is 5.92 Å². The Morgan fingerprint density at radius 1 is 1.59 bits per heavy atom. The fourth-order valence-electron chi connectivity index (χ4n) is 2.50. The van der Waals surface area contributed by atoms with Crippen LogP contribution in [-0.2, 0) is 13.0 Å². The quantitative estimate of drug-likeness (QED) is 0.895. The highest BCUT2D eigenvalue weighted by Gasteiger charge is 2.22. The minimum atomic E-state index is 0.0687. The van der Waals surface area contributed by atoms with Gasteiger partial charge in [-0.3, -0.25) is 0 Å². The zero-order valence-corrected chi connectivity index (χ0v) is 11.5. The molecule has 0 bridgehead atoms. The van der Waals surface area contributed by atoms with Gasteiger partial charge in [-0.1, -0.05) is 0 Å². The largest absolute Gasteiger partial charge is 0.390 e. The van der Waals surface area contributed by atoms with Crippen molar-refractivity contribution in [3.05, 3.63) is 16.1 Å². The summed E-state index contributed by atoms with van der Waals surface area (Å²) in [5.41, 5.74) is 0.821. The van der Waals surface area contributed by atoms with Crippen LogP contribution in [0.5, 0.6) is 0 Å². The van der Waals surface area contributed by atoms with Gasteiger partial charge in [-0.15, -0.1) is 11.3 Å². The van der Waals surface area contributed by atoms with Crippen molar-refractivity contribution >= 4 is 11.3 Å². The van der Waals surface area contributed by atoms with E-state index in [4.69, 9.17) is 5.11 Å². The summed E-state index contributed by atoms with van der Waals surface area (Å²) in [6, 6.07) is 0.655. The summed E-state index contributed by atoms with van der Waals surface area (Å²) in [6.45, 7) is 7.06. The second-order valence-electron chi connectivity index (χ2n) is 5.19. The van der Waals surface area contributed by atoms with Crippen LogP contribution in [0.15, 0.2) is 5.38 Å². The van der Waals surface area contributed by atoms with Gasteiger partial charge in [0.15, 0.2) is 0 Å². The highest BCUT2D eigenvalue weighted by molar-refractivity contribution is 7.09. The van der Waals surface area contributed by atoms with Gasteiger partial charge in [0, 0.05) is 24.4 Å². The molecule has 1 aliphatic heterocycles. The average Bonchev–Trinajstić information content (AvgIpc) is 2.77. The van der Waals surface area contributed by atoms with Gasteiger partial charge < -0.3 is 10.0 Å². The molecule has 1 unspecified atom stereocenters. The van der Waals surface area contributed by atoms with Crippen LogP contribution in [0.1, 0.15) is 37.4 Å². The number of aliphatic hydroxyl groups excluding tert-OH is 1. The molecule has 2 heterocycles. The molecule has 0 aromatic carbocycles. The van der Waals surface area contributed by atoms with Crippen LogP contribution in [0.4, 0.5) is 0 Å².